The molecule has 0 aliphatic rings. The van der Waals surface area contributed by atoms with Crippen LogP contribution in [-0.2, 0) is 0 Å². The van der Waals surface area contributed by atoms with Gasteiger partial charge < -0.3 is 11.1 Å². The number of likely N-dealkylation sites (N-methyl/N-ethyl adjacent to an activating group) is 1. The predicted octanol–water partition coefficient (Wildman–Crippen LogP) is 1.88. The van der Waals surface area contributed by atoms with Crippen LogP contribution in [0.4, 0.5) is 11.9 Å². The van der Waals surface area contributed by atoms with E-state index in [0.717, 1.165) is 19.6 Å². The predicted molar refractivity (Wildman–Crippen MR) is 81.4 cm³/mol. The minimum absolute atomic E-state index is 0.283. The Hall–Kier alpha value is -2.08. The quantitative estimate of drug-likeness (QED) is 0.718. The summed E-state index contributed by atoms with van der Waals surface area (Å²) in [5.74, 6) is 0.863. The second-order valence-electron chi connectivity index (χ2n) is 4.57. The monoisotopic (exact) mass is 274 g/mol. The molecule has 0 saturated heterocycles. The lowest BCUT2D eigenvalue weighted by Crippen LogP contribution is -2.33. The summed E-state index contributed by atoms with van der Waals surface area (Å²) in [6.07, 6.45) is 0. The van der Waals surface area contributed by atoms with Gasteiger partial charge in [0.05, 0.1) is 6.04 Å². The minimum Gasteiger partial charge on any atom is -0.368 e. The van der Waals surface area contributed by atoms with Crippen LogP contribution in [-0.4, -0.2) is 39.7 Å². The maximum atomic E-state index is 5.53. The van der Waals surface area contributed by atoms with Crippen molar-refractivity contribution >= 4 is 11.9 Å². The van der Waals surface area contributed by atoms with E-state index in [1.165, 1.54) is 5.56 Å². The Morgan fingerprint density at radius 2 is 1.95 bits per heavy atom. The number of hydrogen-bond donors (Lipinski definition) is 3. The fourth-order valence-corrected chi connectivity index (χ4v) is 2.34. The van der Waals surface area contributed by atoms with Crippen molar-refractivity contribution in [1.82, 2.24) is 20.1 Å². The molecule has 0 amide bonds. The van der Waals surface area contributed by atoms with E-state index in [9.17, 15) is 0 Å². The second-order valence-corrected chi connectivity index (χ2v) is 4.57. The van der Waals surface area contributed by atoms with Gasteiger partial charge in [0.2, 0.25) is 11.9 Å². The molecular formula is C14H22N6. The normalized spacial score (nSPS) is 12.6. The van der Waals surface area contributed by atoms with E-state index in [4.69, 9.17) is 5.73 Å². The van der Waals surface area contributed by atoms with Crippen molar-refractivity contribution in [1.29, 1.82) is 0 Å². The van der Waals surface area contributed by atoms with Crippen LogP contribution >= 0.6 is 0 Å². The van der Waals surface area contributed by atoms with Crippen LogP contribution < -0.4 is 11.1 Å². The van der Waals surface area contributed by atoms with Crippen LogP contribution in [0.1, 0.15) is 25.5 Å². The van der Waals surface area contributed by atoms with Crippen molar-refractivity contribution in [2.75, 3.05) is 30.7 Å². The number of aromatic amines is 1. The molecule has 2 rings (SSSR count). The molecule has 1 unspecified atom stereocenters. The SMILES string of the molecule is CCN(CC)C(CNc1n[nH]c(N)n1)c1ccccc1. The molecule has 108 valence electrons. The summed E-state index contributed by atoms with van der Waals surface area (Å²) >= 11 is 0. The second kappa shape index (κ2) is 6.91. The van der Waals surface area contributed by atoms with Crippen molar-refractivity contribution < 1.29 is 0 Å². The highest BCUT2D eigenvalue weighted by atomic mass is 15.3. The Labute approximate surface area is 119 Å². The van der Waals surface area contributed by atoms with E-state index >= 15 is 0 Å². The zero-order chi connectivity index (χ0) is 14.4. The lowest BCUT2D eigenvalue weighted by atomic mass is 10.1. The highest BCUT2D eigenvalue weighted by Crippen LogP contribution is 2.20. The van der Waals surface area contributed by atoms with Crippen molar-refractivity contribution in [2.45, 2.75) is 19.9 Å². The van der Waals surface area contributed by atoms with E-state index in [-0.39, 0.29) is 6.04 Å². The van der Waals surface area contributed by atoms with Crippen molar-refractivity contribution in [3.63, 3.8) is 0 Å². The smallest absolute Gasteiger partial charge is 0.243 e. The Bertz CT molecular complexity index is 505. The molecule has 0 saturated carbocycles. The number of anilines is 2. The topological polar surface area (TPSA) is 82.9 Å². The lowest BCUT2D eigenvalue weighted by molar-refractivity contribution is 0.228. The highest BCUT2D eigenvalue weighted by molar-refractivity contribution is 5.31. The molecular weight excluding hydrogens is 252 g/mol. The van der Waals surface area contributed by atoms with E-state index in [1.54, 1.807) is 0 Å². The number of benzene rings is 1. The largest absolute Gasteiger partial charge is 0.368 e. The molecule has 1 aromatic carbocycles. The van der Waals surface area contributed by atoms with E-state index in [2.05, 4.69) is 63.5 Å². The van der Waals surface area contributed by atoms with E-state index in [0.29, 0.717) is 11.9 Å². The summed E-state index contributed by atoms with van der Waals surface area (Å²) in [5.41, 5.74) is 6.81. The molecule has 2 aromatic rings. The molecule has 0 aliphatic carbocycles. The number of nitrogens with two attached hydrogens (primary N) is 1. The average Bonchev–Trinajstić information content (AvgIpc) is 2.90. The summed E-state index contributed by atoms with van der Waals surface area (Å²) < 4.78 is 0. The van der Waals surface area contributed by atoms with Crippen molar-refractivity contribution in [3.8, 4) is 0 Å². The maximum Gasteiger partial charge on any atom is 0.243 e. The molecule has 0 spiro atoms. The number of H-pyrrole nitrogens is 1. The van der Waals surface area contributed by atoms with Gasteiger partial charge >= 0.3 is 0 Å². The molecule has 1 aromatic heterocycles. The standard InChI is InChI=1S/C14H22N6/c1-3-20(4-2)12(11-8-6-5-7-9-11)10-16-14-17-13(15)18-19-14/h5-9,12H,3-4,10H2,1-2H3,(H4,15,16,17,18,19). The number of rotatable bonds is 7. The molecule has 6 heteroatoms. The van der Waals surface area contributed by atoms with Gasteiger partial charge in [-0.3, -0.25) is 4.90 Å². The van der Waals surface area contributed by atoms with E-state index in [1.807, 2.05) is 6.07 Å². The third-order valence-electron chi connectivity index (χ3n) is 3.39. The Balaban J connectivity index is 2.10. The third kappa shape index (κ3) is 3.48. The fraction of sp³-hybridized carbons (Fsp3) is 0.429. The number of nitrogens with zero attached hydrogens (tertiary/aromatic N) is 3. The Morgan fingerprint density at radius 3 is 2.50 bits per heavy atom. The molecule has 0 radical (unpaired) electrons. The molecule has 4 N–H and O–H groups in total. The molecule has 20 heavy (non-hydrogen) atoms. The van der Waals surface area contributed by atoms with Gasteiger partial charge in [-0.1, -0.05) is 44.2 Å². The summed E-state index contributed by atoms with van der Waals surface area (Å²) in [6, 6.07) is 10.7. The van der Waals surface area contributed by atoms with Crippen molar-refractivity contribution in [3.05, 3.63) is 35.9 Å². The van der Waals surface area contributed by atoms with Gasteiger partial charge in [-0.2, -0.15) is 4.98 Å². The molecule has 0 fully saturated rings. The van der Waals surface area contributed by atoms with Crippen LogP contribution in [0.15, 0.2) is 30.3 Å². The molecule has 0 bridgehead atoms. The van der Waals surface area contributed by atoms with Gasteiger partial charge in [0.25, 0.3) is 0 Å². The zero-order valence-corrected chi connectivity index (χ0v) is 12.0. The van der Waals surface area contributed by atoms with Gasteiger partial charge in [-0.25, -0.2) is 5.10 Å². The number of nitrogens with one attached hydrogen (secondary N) is 2. The lowest BCUT2D eigenvalue weighted by Gasteiger charge is -2.30. The van der Waals surface area contributed by atoms with Crippen LogP contribution in [0.2, 0.25) is 0 Å². The highest BCUT2D eigenvalue weighted by Gasteiger charge is 2.18. The first kappa shape index (κ1) is 14.3. The summed E-state index contributed by atoms with van der Waals surface area (Å²) in [6.45, 7) is 7.07. The first-order valence-corrected chi connectivity index (χ1v) is 6.95. The first-order valence-electron chi connectivity index (χ1n) is 6.95. The summed E-state index contributed by atoms with van der Waals surface area (Å²) in [5, 5.41) is 9.87. The van der Waals surface area contributed by atoms with Crippen LogP contribution in [0, 0.1) is 0 Å². The van der Waals surface area contributed by atoms with Gasteiger partial charge in [0.1, 0.15) is 0 Å². The third-order valence-corrected chi connectivity index (χ3v) is 3.39. The van der Waals surface area contributed by atoms with E-state index < -0.39 is 0 Å². The molecule has 6 nitrogen and oxygen atoms in total. The minimum atomic E-state index is 0.283. The summed E-state index contributed by atoms with van der Waals surface area (Å²) in [7, 11) is 0. The number of aromatic nitrogens is 3. The average molecular weight is 274 g/mol. The van der Waals surface area contributed by atoms with Gasteiger partial charge in [-0.05, 0) is 18.7 Å². The zero-order valence-electron chi connectivity index (χ0n) is 12.0. The fourth-order valence-electron chi connectivity index (χ4n) is 2.34. The van der Waals surface area contributed by atoms with Crippen LogP contribution in [0.3, 0.4) is 0 Å². The van der Waals surface area contributed by atoms with Gasteiger partial charge in [0, 0.05) is 6.54 Å². The first-order chi connectivity index (χ1) is 9.74. The van der Waals surface area contributed by atoms with Gasteiger partial charge in [-0.15, -0.1) is 5.10 Å². The number of nitrogen functional groups attached to an aromatic ring is 1. The number of hydrogen-bond acceptors (Lipinski definition) is 5. The molecule has 1 heterocycles. The molecule has 0 aliphatic heterocycles. The van der Waals surface area contributed by atoms with Crippen LogP contribution in [0.25, 0.3) is 0 Å². The summed E-state index contributed by atoms with van der Waals surface area (Å²) in [4.78, 5) is 6.47. The van der Waals surface area contributed by atoms with Gasteiger partial charge in [0.15, 0.2) is 0 Å². The molecule has 1 atom stereocenters. The maximum absolute atomic E-state index is 5.53. The van der Waals surface area contributed by atoms with Crippen LogP contribution in [0.5, 0.6) is 0 Å². The Kier molecular flexibility index (Phi) is 4.95. The van der Waals surface area contributed by atoms with Crippen molar-refractivity contribution in [2.24, 2.45) is 0 Å². The Morgan fingerprint density at radius 1 is 1.25 bits per heavy atom.